The van der Waals surface area contributed by atoms with E-state index in [1.54, 1.807) is 0 Å². The van der Waals surface area contributed by atoms with Crippen molar-refractivity contribution in [2.75, 3.05) is 12.8 Å². The Kier molecular flexibility index (Phi) is 4.67. The second kappa shape index (κ2) is 5.56. The third kappa shape index (κ3) is 4.26. The topological polar surface area (TPSA) is 29.9 Å². The van der Waals surface area contributed by atoms with E-state index in [2.05, 4.69) is 43.6 Å². The van der Waals surface area contributed by atoms with E-state index >= 15 is 0 Å². The fourth-order valence-electron chi connectivity index (χ4n) is 1.25. The van der Waals surface area contributed by atoms with Crippen molar-refractivity contribution >= 4 is 11.8 Å². The highest BCUT2D eigenvalue weighted by Crippen LogP contribution is 2.19. The van der Waals surface area contributed by atoms with Gasteiger partial charge < -0.3 is 5.32 Å². The Morgan fingerprint density at radius 3 is 2.80 bits per heavy atom. The van der Waals surface area contributed by atoms with Crippen molar-refractivity contribution < 1.29 is 0 Å². The van der Waals surface area contributed by atoms with Crippen molar-refractivity contribution in [3.05, 3.63) is 18.0 Å². The lowest BCUT2D eigenvalue weighted by atomic mass is 10.2. The molecule has 3 nitrogen and oxygen atoms in total. The molecular formula is C11H21N3S. The van der Waals surface area contributed by atoms with Gasteiger partial charge in [-0.05, 0) is 27.0 Å². The van der Waals surface area contributed by atoms with Crippen LogP contribution >= 0.6 is 11.8 Å². The molecule has 0 fully saturated rings. The summed E-state index contributed by atoms with van der Waals surface area (Å²) >= 11 is 1.89. The lowest BCUT2D eigenvalue weighted by molar-refractivity contribution is 0.590. The number of nitrogens with one attached hydrogen (secondary N) is 1. The molecule has 0 spiro atoms. The van der Waals surface area contributed by atoms with E-state index in [0.29, 0.717) is 4.75 Å². The maximum absolute atomic E-state index is 4.24. The van der Waals surface area contributed by atoms with Crippen LogP contribution in [0, 0.1) is 0 Å². The second-order valence-electron chi connectivity index (χ2n) is 4.27. The SMILES string of the molecule is CCn1cc(CNCC(C)(C)SC)cn1. The van der Waals surface area contributed by atoms with E-state index in [1.165, 1.54) is 5.56 Å². The Hall–Kier alpha value is -0.480. The Morgan fingerprint density at radius 2 is 2.27 bits per heavy atom. The van der Waals surface area contributed by atoms with Gasteiger partial charge >= 0.3 is 0 Å². The summed E-state index contributed by atoms with van der Waals surface area (Å²) < 4.78 is 2.26. The third-order valence-corrected chi connectivity index (χ3v) is 3.69. The van der Waals surface area contributed by atoms with Crippen LogP contribution in [0.2, 0.25) is 0 Å². The summed E-state index contributed by atoms with van der Waals surface area (Å²) in [5.41, 5.74) is 1.26. The van der Waals surface area contributed by atoms with Crippen LogP contribution in [0.5, 0.6) is 0 Å². The number of rotatable bonds is 6. The van der Waals surface area contributed by atoms with Crippen molar-refractivity contribution in [2.24, 2.45) is 0 Å². The van der Waals surface area contributed by atoms with Crippen molar-refractivity contribution in [3.8, 4) is 0 Å². The summed E-state index contributed by atoms with van der Waals surface area (Å²) in [4.78, 5) is 0. The number of aryl methyl sites for hydroxylation is 1. The predicted molar refractivity (Wildman–Crippen MR) is 67.2 cm³/mol. The quantitative estimate of drug-likeness (QED) is 0.807. The number of hydrogen-bond acceptors (Lipinski definition) is 3. The average Bonchev–Trinajstić information content (AvgIpc) is 2.66. The largest absolute Gasteiger partial charge is 0.311 e. The molecule has 0 radical (unpaired) electrons. The molecule has 1 heterocycles. The molecule has 15 heavy (non-hydrogen) atoms. The van der Waals surface area contributed by atoms with E-state index in [1.807, 2.05) is 22.6 Å². The van der Waals surface area contributed by atoms with Crippen LogP contribution in [0.4, 0.5) is 0 Å². The van der Waals surface area contributed by atoms with Crippen LogP contribution < -0.4 is 5.32 Å². The van der Waals surface area contributed by atoms with Gasteiger partial charge in [-0.3, -0.25) is 4.68 Å². The molecule has 0 aliphatic heterocycles. The van der Waals surface area contributed by atoms with Gasteiger partial charge in [-0.2, -0.15) is 16.9 Å². The monoisotopic (exact) mass is 227 g/mol. The lowest BCUT2D eigenvalue weighted by Gasteiger charge is -2.22. The van der Waals surface area contributed by atoms with E-state index in [9.17, 15) is 0 Å². The highest BCUT2D eigenvalue weighted by Gasteiger charge is 2.14. The van der Waals surface area contributed by atoms with Gasteiger partial charge in [0, 0.05) is 36.1 Å². The number of hydrogen-bond donors (Lipinski definition) is 1. The third-order valence-electron chi connectivity index (χ3n) is 2.44. The Labute approximate surface area is 96.6 Å². The zero-order valence-corrected chi connectivity index (χ0v) is 10.9. The van der Waals surface area contributed by atoms with E-state index in [0.717, 1.165) is 19.6 Å². The van der Waals surface area contributed by atoms with Gasteiger partial charge in [0.15, 0.2) is 0 Å². The van der Waals surface area contributed by atoms with E-state index in [4.69, 9.17) is 0 Å². The number of nitrogens with zero attached hydrogens (tertiary/aromatic N) is 2. The normalized spacial score (nSPS) is 12.0. The number of aromatic nitrogens is 2. The zero-order chi connectivity index (χ0) is 11.3. The van der Waals surface area contributed by atoms with Gasteiger partial charge in [-0.25, -0.2) is 0 Å². The second-order valence-corrected chi connectivity index (χ2v) is 5.79. The smallest absolute Gasteiger partial charge is 0.0534 e. The maximum Gasteiger partial charge on any atom is 0.0534 e. The standard InChI is InChI=1S/C11H21N3S/c1-5-14-8-10(7-13-14)6-12-9-11(2,3)15-4/h7-8,12H,5-6,9H2,1-4H3. The summed E-state index contributed by atoms with van der Waals surface area (Å²) in [6, 6.07) is 0. The highest BCUT2D eigenvalue weighted by atomic mass is 32.2. The molecule has 0 amide bonds. The molecule has 0 saturated heterocycles. The lowest BCUT2D eigenvalue weighted by Crippen LogP contribution is -2.31. The molecule has 1 aromatic heterocycles. The van der Waals surface area contributed by atoms with Gasteiger partial charge in [0.2, 0.25) is 0 Å². The van der Waals surface area contributed by atoms with Gasteiger partial charge in [-0.15, -0.1) is 0 Å². The fourth-order valence-corrected chi connectivity index (χ4v) is 1.50. The first-order valence-electron chi connectivity index (χ1n) is 5.34. The first-order valence-corrected chi connectivity index (χ1v) is 6.57. The molecular weight excluding hydrogens is 206 g/mol. The molecule has 0 bridgehead atoms. The average molecular weight is 227 g/mol. The van der Waals surface area contributed by atoms with E-state index < -0.39 is 0 Å². The first-order chi connectivity index (χ1) is 7.07. The highest BCUT2D eigenvalue weighted by molar-refractivity contribution is 7.99. The molecule has 86 valence electrons. The minimum atomic E-state index is 0.306. The molecule has 1 N–H and O–H groups in total. The van der Waals surface area contributed by atoms with Crippen molar-refractivity contribution in [1.82, 2.24) is 15.1 Å². The summed E-state index contributed by atoms with van der Waals surface area (Å²) in [6.45, 7) is 9.47. The molecule has 0 aromatic carbocycles. The molecule has 1 aromatic rings. The first kappa shape index (κ1) is 12.6. The van der Waals surface area contributed by atoms with Crippen LogP contribution in [0.15, 0.2) is 12.4 Å². The van der Waals surface area contributed by atoms with Crippen LogP contribution in [0.25, 0.3) is 0 Å². The molecule has 0 unspecified atom stereocenters. The Balaban J connectivity index is 2.31. The summed E-state index contributed by atoms with van der Waals surface area (Å²) in [5, 5.41) is 7.70. The Morgan fingerprint density at radius 1 is 1.53 bits per heavy atom. The summed E-state index contributed by atoms with van der Waals surface area (Å²) in [5.74, 6) is 0. The van der Waals surface area contributed by atoms with Crippen LogP contribution in [0.1, 0.15) is 26.3 Å². The van der Waals surface area contributed by atoms with Crippen molar-refractivity contribution in [3.63, 3.8) is 0 Å². The van der Waals surface area contributed by atoms with Gasteiger partial charge in [0.1, 0.15) is 0 Å². The van der Waals surface area contributed by atoms with Crippen LogP contribution in [-0.2, 0) is 13.1 Å². The summed E-state index contributed by atoms with van der Waals surface area (Å²) in [7, 11) is 0. The Bertz CT molecular complexity index is 294. The summed E-state index contributed by atoms with van der Waals surface area (Å²) in [6.07, 6.45) is 6.18. The van der Waals surface area contributed by atoms with Crippen molar-refractivity contribution in [1.29, 1.82) is 0 Å². The number of thioether (sulfide) groups is 1. The fraction of sp³-hybridized carbons (Fsp3) is 0.727. The van der Waals surface area contributed by atoms with E-state index in [-0.39, 0.29) is 0 Å². The molecule has 4 heteroatoms. The van der Waals surface area contributed by atoms with Gasteiger partial charge in [0.25, 0.3) is 0 Å². The molecule has 0 aliphatic rings. The van der Waals surface area contributed by atoms with Crippen LogP contribution in [-0.4, -0.2) is 27.3 Å². The molecule has 0 aliphatic carbocycles. The van der Waals surface area contributed by atoms with Gasteiger partial charge in [0.05, 0.1) is 6.20 Å². The molecule has 1 rings (SSSR count). The minimum Gasteiger partial charge on any atom is -0.311 e. The minimum absolute atomic E-state index is 0.306. The maximum atomic E-state index is 4.24. The predicted octanol–water partition coefficient (Wildman–Crippen LogP) is 2.13. The molecule has 0 saturated carbocycles. The van der Waals surface area contributed by atoms with Crippen molar-refractivity contribution in [2.45, 2.75) is 38.6 Å². The molecule has 0 atom stereocenters. The zero-order valence-electron chi connectivity index (χ0n) is 10.1. The van der Waals surface area contributed by atoms with Gasteiger partial charge in [-0.1, -0.05) is 0 Å². The van der Waals surface area contributed by atoms with Crippen LogP contribution in [0.3, 0.4) is 0 Å².